The number of sulfonamides is 1. The molecule has 0 aliphatic carbocycles. The molecular weight excluding hydrogens is 299 g/mol. The van der Waals surface area contributed by atoms with E-state index in [1.807, 2.05) is 0 Å². The second-order valence-corrected chi connectivity index (χ2v) is 6.46. The second-order valence-electron chi connectivity index (χ2n) is 3.72. The second kappa shape index (κ2) is 5.77. The van der Waals surface area contributed by atoms with E-state index in [4.69, 9.17) is 23.2 Å². The van der Waals surface area contributed by atoms with Gasteiger partial charge in [0.1, 0.15) is 5.21 Å². The minimum absolute atomic E-state index is 0.113. The van der Waals surface area contributed by atoms with Crippen LogP contribution in [0.15, 0.2) is 18.2 Å². The van der Waals surface area contributed by atoms with E-state index in [2.05, 4.69) is 4.72 Å². The van der Waals surface area contributed by atoms with Crippen LogP contribution in [0, 0.1) is 0 Å². The Morgan fingerprint density at radius 3 is 2.50 bits per heavy atom. The molecule has 18 heavy (non-hydrogen) atoms. The molecule has 1 rings (SSSR count). The molecular formula is C10H12Cl2N2O3S. The number of carbonyl (C=O) groups is 1. The van der Waals surface area contributed by atoms with Crippen LogP contribution in [-0.2, 0) is 10.0 Å². The lowest BCUT2D eigenvalue weighted by Crippen LogP contribution is -2.24. The SMILES string of the molecule is CN(C)C(=O)c1ccc(Cl)cc1NS(=O)(=O)CCl. The van der Waals surface area contributed by atoms with Gasteiger partial charge in [-0.25, -0.2) is 8.42 Å². The number of hydrogen-bond acceptors (Lipinski definition) is 3. The Balaban J connectivity index is 3.24. The molecule has 100 valence electrons. The molecule has 1 amide bonds. The van der Waals surface area contributed by atoms with E-state index in [1.165, 1.54) is 23.1 Å². The van der Waals surface area contributed by atoms with Crippen LogP contribution in [0.25, 0.3) is 0 Å². The molecule has 0 fully saturated rings. The number of carbonyl (C=O) groups excluding carboxylic acids is 1. The summed E-state index contributed by atoms with van der Waals surface area (Å²) in [5, 5.41) is -0.285. The highest BCUT2D eigenvalue weighted by molar-refractivity contribution is 7.93. The molecule has 0 aliphatic heterocycles. The van der Waals surface area contributed by atoms with Gasteiger partial charge in [0.2, 0.25) is 10.0 Å². The summed E-state index contributed by atoms with van der Waals surface area (Å²) in [6, 6.07) is 4.33. The number of rotatable bonds is 4. The zero-order chi connectivity index (χ0) is 13.9. The highest BCUT2D eigenvalue weighted by Crippen LogP contribution is 2.23. The summed E-state index contributed by atoms with van der Waals surface area (Å²) < 4.78 is 25.0. The van der Waals surface area contributed by atoms with Crippen LogP contribution in [0.5, 0.6) is 0 Å². The van der Waals surface area contributed by atoms with Gasteiger partial charge in [-0.05, 0) is 18.2 Å². The number of hydrogen-bond donors (Lipinski definition) is 1. The van der Waals surface area contributed by atoms with E-state index < -0.39 is 15.2 Å². The Morgan fingerprint density at radius 2 is 2.00 bits per heavy atom. The van der Waals surface area contributed by atoms with Crippen LogP contribution in [0.2, 0.25) is 5.02 Å². The summed E-state index contributed by atoms with van der Waals surface area (Å²) >= 11 is 11.1. The van der Waals surface area contributed by atoms with Gasteiger partial charge >= 0.3 is 0 Å². The van der Waals surface area contributed by atoms with Gasteiger partial charge in [0, 0.05) is 19.1 Å². The first-order valence-corrected chi connectivity index (χ1v) is 7.41. The fourth-order valence-corrected chi connectivity index (χ4v) is 2.12. The molecule has 0 radical (unpaired) electrons. The van der Waals surface area contributed by atoms with E-state index in [-0.39, 0.29) is 17.2 Å². The first kappa shape index (κ1) is 15.1. The van der Waals surface area contributed by atoms with E-state index in [9.17, 15) is 13.2 Å². The largest absolute Gasteiger partial charge is 0.345 e. The fraction of sp³-hybridized carbons (Fsp3) is 0.300. The Bertz CT molecular complexity index is 558. The first-order valence-electron chi connectivity index (χ1n) is 4.84. The van der Waals surface area contributed by atoms with Crippen LogP contribution in [0.1, 0.15) is 10.4 Å². The molecule has 0 heterocycles. The molecule has 1 aromatic carbocycles. The van der Waals surface area contributed by atoms with E-state index in [1.54, 1.807) is 14.1 Å². The smallest absolute Gasteiger partial charge is 0.255 e. The number of nitrogens with zero attached hydrogens (tertiary/aromatic N) is 1. The Kier molecular flexibility index (Phi) is 4.84. The molecule has 5 nitrogen and oxygen atoms in total. The molecule has 0 unspecified atom stereocenters. The van der Waals surface area contributed by atoms with Crippen LogP contribution >= 0.6 is 23.2 Å². The van der Waals surface area contributed by atoms with E-state index in [0.717, 1.165) is 0 Å². The summed E-state index contributed by atoms with van der Waals surface area (Å²) in [4.78, 5) is 13.2. The summed E-state index contributed by atoms with van der Waals surface area (Å²) in [6.07, 6.45) is 0. The summed E-state index contributed by atoms with van der Waals surface area (Å²) in [7, 11) is -0.552. The minimum atomic E-state index is -3.68. The topological polar surface area (TPSA) is 66.5 Å². The van der Waals surface area contributed by atoms with Gasteiger partial charge in [0.05, 0.1) is 11.3 Å². The van der Waals surface area contributed by atoms with Crippen molar-refractivity contribution in [2.45, 2.75) is 0 Å². The number of halogens is 2. The molecule has 0 atom stereocenters. The van der Waals surface area contributed by atoms with Gasteiger partial charge in [-0.15, -0.1) is 11.6 Å². The number of nitrogens with one attached hydrogen (secondary N) is 1. The van der Waals surface area contributed by atoms with Crippen molar-refractivity contribution in [3.05, 3.63) is 28.8 Å². The zero-order valence-electron chi connectivity index (χ0n) is 9.78. The van der Waals surface area contributed by atoms with Crippen molar-refractivity contribution < 1.29 is 13.2 Å². The average Bonchev–Trinajstić information content (AvgIpc) is 2.28. The Labute approximate surface area is 116 Å². The number of amides is 1. The molecule has 8 heteroatoms. The maximum Gasteiger partial charge on any atom is 0.255 e. The van der Waals surface area contributed by atoms with Gasteiger partial charge in [-0.2, -0.15) is 0 Å². The standard InChI is InChI=1S/C10H12Cl2N2O3S/c1-14(2)10(15)8-4-3-7(12)5-9(8)13-18(16,17)6-11/h3-5,13H,6H2,1-2H3. The zero-order valence-corrected chi connectivity index (χ0v) is 12.1. The first-order chi connectivity index (χ1) is 8.26. The van der Waals surface area contributed by atoms with Crippen LogP contribution in [0.4, 0.5) is 5.69 Å². The number of alkyl halides is 1. The van der Waals surface area contributed by atoms with Gasteiger partial charge in [-0.3, -0.25) is 9.52 Å². The predicted molar refractivity (Wildman–Crippen MR) is 72.7 cm³/mol. The normalized spacial score (nSPS) is 11.1. The van der Waals surface area contributed by atoms with Crippen molar-refractivity contribution in [3.8, 4) is 0 Å². The van der Waals surface area contributed by atoms with Gasteiger partial charge in [0.15, 0.2) is 0 Å². The van der Waals surface area contributed by atoms with Crippen molar-refractivity contribution in [1.29, 1.82) is 0 Å². The molecule has 0 saturated heterocycles. The Hall–Kier alpha value is -0.980. The Morgan fingerprint density at radius 1 is 1.39 bits per heavy atom. The van der Waals surface area contributed by atoms with Crippen LogP contribution < -0.4 is 4.72 Å². The summed E-state index contributed by atoms with van der Waals surface area (Å²) in [6.45, 7) is 0. The predicted octanol–water partition coefficient (Wildman–Crippen LogP) is 1.98. The van der Waals surface area contributed by atoms with E-state index >= 15 is 0 Å². The highest BCUT2D eigenvalue weighted by atomic mass is 35.5. The monoisotopic (exact) mass is 310 g/mol. The summed E-state index contributed by atoms with van der Waals surface area (Å²) in [5.41, 5.74) is 0.319. The molecule has 1 N–H and O–H groups in total. The third-order valence-electron chi connectivity index (χ3n) is 2.03. The molecule has 0 bridgehead atoms. The van der Waals surface area contributed by atoms with Gasteiger partial charge in [0.25, 0.3) is 5.91 Å². The van der Waals surface area contributed by atoms with Gasteiger partial charge < -0.3 is 4.90 Å². The highest BCUT2D eigenvalue weighted by Gasteiger charge is 2.17. The maximum atomic E-state index is 11.9. The van der Waals surface area contributed by atoms with Crippen molar-refractivity contribution in [1.82, 2.24) is 4.90 Å². The maximum absolute atomic E-state index is 11.9. The van der Waals surface area contributed by atoms with Crippen LogP contribution in [-0.4, -0.2) is 38.5 Å². The van der Waals surface area contributed by atoms with Crippen molar-refractivity contribution >= 4 is 44.8 Å². The third-order valence-corrected chi connectivity index (χ3v) is 3.94. The lowest BCUT2D eigenvalue weighted by Gasteiger charge is -2.15. The summed E-state index contributed by atoms with van der Waals surface area (Å²) in [5.74, 6) is -0.334. The minimum Gasteiger partial charge on any atom is -0.345 e. The number of anilines is 1. The lowest BCUT2D eigenvalue weighted by atomic mass is 10.1. The van der Waals surface area contributed by atoms with Gasteiger partial charge in [-0.1, -0.05) is 11.6 Å². The van der Waals surface area contributed by atoms with Crippen molar-refractivity contribution in [3.63, 3.8) is 0 Å². The molecule has 1 aromatic rings. The molecule has 0 saturated carbocycles. The average molecular weight is 311 g/mol. The quantitative estimate of drug-likeness (QED) is 0.865. The molecule has 0 aliphatic rings. The number of benzene rings is 1. The van der Waals surface area contributed by atoms with Crippen LogP contribution in [0.3, 0.4) is 0 Å². The fourth-order valence-electron chi connectivity index (χ4n) is 1.22. The van der Waals surface area contributed by atoms with E-state index in [0.29, 0.717) is 5.02 Å². The molecule has 0 spiro atoms. The van der Waals surface area contributed by atoms with Crippen molar-refractivity contribution in [2.75, 3.05) is 24.0 Å². The lowest BCUT2D eigenvalue weighted by molar-refractivity contribution is 0.0828. The third kappa shape index (κ3) is 3.76. The van der Waals surface area contributed by atoms with Crippen molar-refractivity contribution in [2.24, 2.45) is 0 Å². The molecule has 0 aromatic heterocycles.